The first-order valence-electron chi connectivity index (χ1n) is 6.46. The number of rotatable bonds is 5. The van der Waals surface area contributed by atoms with E-state index >= 15 is 0 Å². The van der Waals surface area contributed by atoms with E-state index in [9.17, 15) is 13.5 Å². The number of ether oxygens (including phenoxy) is 1. The van der Waals surface area contributed by atoms with E-state index in [0.29, 0.717) is 25.2 Å². The molecule has 0 heterocycles. The molecule has 1 fully saturated rings. The van der Waals surface area contributed by atoms with Crippen LogP contribution in [0.2, 0.25) is 0 Å². The molecule has 0 aromatic heterocycles. The molecule has 106 valence electrons. The lowest BCUT2D eigenvalue weighted by Gasteiger charge is -2.16. The number of hydrogen-bond donors (Lipinski definition) is 2. The van der Waals surface area contributed by atoms with Crippen molar-refractivity contribution in [3.05, 3.63) is 24.3 Å². The molecule has 0 amide bonds. The van der Waals surface area contributed by atoms with Crippen LogP contribution in [0, 0.1) is 0 Å². The van der Waals surface area contributed by atoms with Gasteiger partial charge in [-0.15, -0.1) is 0 Å². The van der Waals surface area contributed by atoms with Crippen molar-refractivity contribution in [2.75, 3.05) is 6.61 Å². The van der Waals surface area contributed by atoms with E-state index in [0.717, 1.165) is 6.42 Å². The van der Waals surface area contributed by atoms with Crippen LogP contribution in [-0.4, -0.2) is 32.3 Å². The van der Waals surface area contributed by atoms with Crippen LogP contribution in [0.15, 0.2) is 29.2 Å². The summed E-state index contributed by atoms with van der Waals surface area (Å²) in [5, 5.41) is 9.67. The zero-order valence-corrected chi connectivity index (χ0v) is 11.7. The maximum absolute atomic E-state index is 12.1. The summed E-state index contributed by atoms with van der Waals surface area (Å²) < 4.78 is 32.1. The molecule has 1 saturated carbocycles. The normalized spacial score (nSPS) is 23.5. The SMILES string of the molecule is CCOc1ccc(S(=O)(=O)NC2CCCC2O)cc1. The quantitative estimate of drug-likeness (QED) is 0.854. The van der Waals surface area contributed by atoms with Crippen LogP contribution < -0.4 is 9.46 Å². The van der Waals surface area contributed by atoms with Gasteiger partial charge in [-0.05, 0) is 50.5 Å². The van der Waals surface area contributed by atoms with Gasteiger partial charge in [0.15, 0.2) is 0 Å². The van der Waals surface area contributed by atoms with Gasteiger partial charge in [0.05, 0.1) is 17.6 Å². The lowest BCUT2D eigenvalue weighted by Crippen LogP contribution is -2.39. The minimum absolute atomic E-state index is 0.190. The first kappa shape index (κ1) is 14.3. The van der Waals surface area contributed by atoms with Gasteiger partial charge < -0.3 is 9.84 Å². The first-order valence-corrected chi connectivity index (χ1v) is 7.94. The van der Waals surface area contributed by atoms with Crippen LogP contribution in [0.3, 0.4) is 0 Å². The molecule has 0 radical (unpaired) electrons. The standard InChI is InChI=1S/C13H19NO4S/c1-2-18-10-6-8-11(9-7-10)19(16,17)14-12-4-3-5-13(12)15/h6-9,12-15H,2-5H2,1H3. The van der Waals surface area contributed by atoms with Gasteiger partial charge in [0, 0.05) is 6.04 Å². The smallest absolute Gasteiger partial charge is 0.240 e. The number of aliphatic hydroxyl groups excluding tert-OH is 1. The molecular weight excluding hydrogens is 266 g/mol. The lowest BCUT2D eigenvalue weighted by molar-refractivity contribution is 0.159. The fourth-order valence-corrected chi connectivity index (χ4v) is 3.53. The summed E-state index contributed by atoms with van der Waals surface area (Å²) >= 11 is 0. The lowest BCUT2D eigenvalue weighted by atomic mass is 10.2. The van der Waals surface area contributed by atoms with E-state index in [1.54, 1.807) is 12.1 Å². The summed E-state index contributed by atoms with van der Waals surface area (Å²) in [6.07, 6.45) is 1.59. The highest BCUT2D eigenvalue weighted by molar-refractivity contribution is 7.89. The zero-order chi connectivity index (χ0) is 13.9. The van der Waals surface area contributed by atoms with E-state index in [1.807, 2.05) is 6.92 Å². The van der Waals surface area contributed by atoms with Crippen molar-refractivity contribution in [1.82, 2.24) is 4.72 Å². The topological polar surface area (TPSA) is 75.6 Å². The van der Waals surface area contributed by atoms with E-state index in [4.69, 9.17) is 4.74 Å². The third-order valence-corrected chi connectivity index (χ3v) is 4.74. The van der Waals surface area contributed by atoms with Gasteiger partial charge in [-0.2, -0.15) is 0 Å². The second-order valence-electron chi connectivity index (χ2n) is 4.63. The fraction of sp³-hybridized carbons (Fsp3) is 0.538. The minimum Gasteiger partial charge on any atom is -0.494 e. The van der Waals surface area contributed by atoms with Crippen molar-refractivity contribution in [3.8, 4) is 5.75 Å². The average molecular weight is 285 g/mol. The van der Waals surface area contributed by atoms with Crippen molar-refractivity contribution < 1.29 is 18.3 Å². The molecule has 2 atom stereocenters. The van der Waals surface area contributed by atoms with E-state index in [2.05, 4.69) is 4.72 Å². The summed E-state index contributed by atoms with van der Waals surface area (Å²) in [4.78, 5) is 0.190. The molecule has 1 aliphatic rings. The van der Waals surface area contributed by atoms with Crippen LogP contribution in [0.25, 0.3) is 0 Å². The second-order valence-corrected chi connectivity index (χ2v) is 6.34. The Hall–Kier alpha value is -1.11. The predicted molar refractivity (Wildman–Crippen MR) is 71.6 cm³/mol. The third-order valence-electron chi connectivity index (χ3n) is 3.23. The van der Waals surface area contributed by atoms with Crippen molar-refractivity contribution in [2.45, 2.75) is 43.2 Å². The van der Waals surface area contributed by atoms with Gasteiger partial charge in [-0.1, -0.05) is 0 Å². The predicted octanol–water partition coefficient (Wildman–Crippen LogP) is 1.28. The maximum Gasteiger partial charge on any atom is 0.240 e. The Balaban J connectivity index is 2.10. The Kier molecular flexibility index (Phi) is 4.44. The highest BCUT2D eigenvalue weighted by Gasteiger charge is 2.29. The summed E-state index contributed by atoms with van der Waals surface area (Å²) in [6, 6.07) is 5.90. The number of benzene rings is 1. The molecule has 2 rings (SSSR count). The average Bonchev–Trinajstić information content (AvgIpc) is 2.75. The highest BCUT2D eigenvalue weighted by Crippen LogP contribution is 2.22. The molecule has 1 aliphatic carbocycles. The summed E-state index contributed by atoms with van der Waals surface area (Å²) in [5.74, 6) is 0.641. The van der Waals surface area contributed by atoms with Gasteiger partial charge >= 0.3 is 0 Å². The number of hydrogen-bond acceptors (Lipinski definition) is 4. The van der Waals surface area contributed by atoms with E-state index in [1.165, 1.54) is 12.1 Å². The van der Waals surface area contributed by atoms with Gasteiger partial charge in [-0.3, -0.25) is 0 Å². The molecule has 5 nitrogen and oxygen atoms in total. The van der Waals surface area contributed by atoms with Gasteiger partial charge in [-0.25, -0.2) is 13.1 Å². The monoisotopic (exact) mass is 285 g/mol. The molecule has 0 bridgehead atoms. The third kappa shape index (κ3) is 3.46. The molecule has 1 aromatic rings. The van der Waals surface area contributed by atoms with Gasteiger partial charge in [0.2, 0.25) is 10.0 Å². The molecule has 2 N–H and O–H groups in total. The van der Waals surface area contributed by atoms with Crippen LogP contribution in [0.4, 0.5) is 0 Å². The molecule has 0 spiro atoms. The summed E-state index contributed by atoms with van der Waals surface area (Å²) in [6.45, 7) is 2.41. The molecule has 1 aromatic carbocycles. The summed E-state index contributed by atoms with van der Waals surface area (Å²) in [7, 11) is -3.57. The summed E-state index contributed by atoms with van der Waals surface area (Å²) in [5.41, 5.74) is 0. The van der Waals surface area contributed by atoms with E-state index < -0.39 is 16.1 Å². The van der Waals surface area contributed by atoms with Crippen molar-refractivity contribution >= 4 is 10.0 Å². The van der Waals surface area contributed by atoms with Crippen LogP contribution in [0.5, 0.6) is 5.75 Å². The number of sulfonamides is 1. The van der Waals surface area contributed by atoms with Crippen molar-refractivity contribution in [3.63, 3.8) is 0 Å². The Morgan fingerprint density at radius 3 is 2.53 bits per heavy atom. The highest BCUT2D eigenvalue weighted by atomic mass is 32.2. The number of nitrogens with one attached hydrogen (secondary N) is 1. The van der Waals surface area contributed by atoms with Gasteiger partial charge in [0.1, 0.15) is 5.75 Å². The van der Waals surface area contributed by atoms with Crippen LogP contribution in [-0.2, 0) is 10.0 Å². The van der Waals surface area contributed by atoms with Gasteiger partial charge in [0.25, 0.3) is 0 Å². The van der Waals surface area contributed by atoms with Crippen LogP contribution >= 0.6 is 0 Å². The fourth-order valence-electron chi connectivity index (χ4n) is 2.23. The molecule has 0 saturated heterocycles. The maximum atomic E-state index is 12.1. The number of aliphatic hydroxyl groups is 1. The van der Waals surface area contributed by atoms with E-state index in [-0.39, 0.29) is 10.9 Å². The van der Waals surface area contributed by atoms with Crippen molar-refractivity contribution in [1.29, 1.82) is 0 Å². The first-order chi connectivity index (χ1) is 9.03. The molecular formula is C13H19NO4S. The largest absolute Gasteiger partial charge is 0.494 e. The Bertz CT molecular complexity index is 512. The molecule has 6 heteroatoms. The Morgan fingerprint density at radius 1 is 1.32 bits per heavy atom. The van der Waals surface area contributed by atoms with Crippen molar-refractivity contribution in [2.24, 2.45) is 0 Å². The Labute approximate surface area is 113 Å². The molecule has 0 aliphatic heterocycles. The Morgan fingerprint density at radius 2 is 2.00 bits per heavy atom. The molecule has 2 unspecified atom stereocenters. The minimum atomic E-state index is -3.57. The van der Waals surface area contributed by atoms with Crippen LogP contribution in [0.1, 0.15) is 26.2 Å². The molecule has 19 heavy (non-hydrogen) atoms. The zero-order valence-electron chi connectivity index (χ0n) is 10.9. The second kappa shape index (κ2) is 5.90.